The molecule has 2 aliphatic heterocycles. The Labute approximate surface area is 198 Å². The van der Waals surface area contributed by atoms with Gasteiger partial charge in [-0.25, -0.2) is 0 Å². The normalized spacial score (nSPS) is 18.1. The molecular weight excluding hydrogens is 434 g/mol. The van der Waals surface area contributed by atoms with Gasteiger partial charge in [0.1, 0.15) is 0 Å². The highest BCUT2D eigenvalue weighted by Gasteiger charge is 2.26. The first-order valence-electron chi connectivity index (χ1n) is 11.9. The van der Waals surface area contributed by atoms with Crippen molar-refractivity contribution >= 4 is 17.2 Å². The van der Waals surface area contributed by atoms with Crippen LogP contribution in [0.3, 0.4) is 0 Å². The number of nitrogens with zero attached hydrogens (tertiary/aromatic N) is 4. The van der Waals surface area contributed by atoms with Gasteiger partial charge < -0.3 is 9.84 Å². The smallest absolute Gasteiger partial charge is 0.241 e. The Balaban J connectivity index is 1.04. The summed E-state index contributed by atoms with van der Waals surface area (Å²) in [5.41, 5.74) is 2.51. The van der Waals surface area contributed by atoms with Crippen LogP contribution in [0.25, 0.3) is 10.7 Å². The van der Waals surface area contributed by atoms with Crippen molar-refractivity contribution in [2.75, 3.05) is 26.2 Å². The summed E-state index contributed by atoms with van der Waals surface area (Å²) in [5, 5.41) is 9.23. The fourth-order valence-electron chi connectivity index (χ4n) is 4.66. The van der Waals surface area contributed by atoms with Gasteiger partial charge in [0, 0.05) is 19.0 Å². The number of amides is 1. The summed E-state index contributed by atoms with van der Waals surface area (Å²) in [6.07, 6.45) is 4.34. The standard InChI is InChI=1S/C25H31N5O2S/c31-25(26-16-19-5-7-20(8-6-19)17-29-11-1-2-12-29)21-9-13-30(14-10-21)18-23-27-24(28-32-23)22-4-3-15-33-22/h3-8,15,21H,1-2,9-14,16-18H2,(H,26,31). The van der Waals surface area contributed by atoms with Crippen LogP contribution in [0.1, 0.15) is 42.7 Å². The van der Waals surface area contributed by atoms with Crippen molar-refractivity contribution in [3.63, 3.8) is 0 Å². The summed E-state index contributed by atoms with van der Waals surface area (Å²) in [6, 6.07) is 12.6. The average Bonchev–Trinajstić information content (AvgIpc) is 3.62. The monoisotopic (exact) mass is 465 g/mol. The minimum absolute atomic E-state index is 0.0695. The van der Waals surface area contributed by atoms with E-state index in [9.17, 15) is 4.79 Å². The minimum atomic E-state index is 0.0695. The number of piperidine rings is 1. The Morgan fingerprint density at radius 3 is 2.45 bits per heavy atom. The lowest BCUT2D eigenvalue weighted by Crippen LogP contribution is -2.40. The summed E-state index contributed by atoms with van der Waals surface area (Å²) in [7, 11) is 0. The van der Waals surface area contributed by atoms with Crippen LogP contribution in [0.2, 0.25) is 0 Å². The predicted molar refractivity (Wildman–Crippen MR) is 128 cm³/mol. The van der Waals surface area contributed by atoms with Gasteiger partial charge in [0.2, 0.25) is 17.6 Å². The zero-order valence-electron chi connectivity index (χ0n) is 18.9. The van der Waals surface area contributed by atoms with Crippen LogP contribution in [-0.4, -0.2) is 52.0 Å². The highest BCUT2D eigenvalue weighted by Crippen LogP contribution is 2.23. The van der Waals surface area contributed by atoms with Crippen molar-refractivity contribution in [1.29, 1.82) is 0 Å². The predicted octanol–water partition coefficient (Wildman–Crippen LogP) is 3.92. The maximum Gasteiger partial charge on any atom is 0.241 e. The van der Waals surface area contributed by atoms with Crippen LogP contribution in [0.5, 0.6) is 0 Å². The van der Waals surface area contributed by atoms with Crippen LogP contribution >= 0.6 is 11.3 Å². The van der Waals surface area contributed by atoms with E-state index >= 15 is 0 Å². The maximum atomic E-state index is 12.7. The number of benzene rings is 1. The zero-order chi connectivity index (χ0) is 22.5. The summed E-state index contributed by atoms with van der Waals surface area (Å²) >= 11 is 1.60. The van der Waals surface area contributed by atoms with Crippen LogP contribution < -0.4 is 5.32 Å². The molecule has 1 aromatic carbocycles. The van der Waals surface area contributed by atoms with Crippen molar-refractivity contribution in [3.05, 3.63) is 58.8 Å². The van der Waals surface area contributed by atoms with Gasteiger partial charge in [-0.1, -0.05) is 35.5 Å². The van der Waals surface area contributed by atoms with Crippen LogP contribution in [0, 0.1) is 5.92 Å². The first-order valence-corrected chi connectivity index (χ1v) is 12.8. The van der Waals surface area contributed by atoms with Crippen LogP contribution in [0.15, 0.2) is 46.3 Å². The van der Waals surface area contributed by atoms with Crippen molar-refractivity contribution in [1.82, 2.24) is 25.3 Å². The molecular formula is C25H31N5O2S. The molecule has 0 atom stereocenters. The minimum Gasteiger partial charge on any atom is -0.352 e. The lowest BCUT2D eigenvalue weighted by Gasteiger charge is -2.30. The summed E-state index contributed by atoms with van der Waals surface area (Å²) in [6.45, 7) is 6.40. The average molecular weight is 466 g/mol. The van der Waals surface area contributed by atoms with Gasteiger partial charge >= 0.3 is 0 Å². The summed E-state index contributed by atoms with van der Waals surface area (Å²) < 4.78 is 5.42. The summed E-state index contributed by atoms with van der Waals surface area (Å²) in [4.78, 5) is 23.0. The molecule has 1 amide bonds. The Morgan fingerprint density at radius 1 is 1.00 bits per heavy atom. The Kier molecular flexibility index (Phi) is 7.14. The fraction of sp³-hybridized carbons (Fsp3) is 0.480. The molecule has 4 heterocycles. The lowest BCUT2D eigenvalue weighted by molar-refractivity contribution is -0.126. The van der Waals surface area contributed by atoms with E-state index in [1.165, 1.54) is 31.5 Å². The quantitative estimate of drug-likeness (QED) is 0.544. The maximum absolute atomic E-state index is 12.7. The molecule has 1 N–H and O–H groups in total. The molecule has 0 unspecified atom stereocenters. The number of nitrogens with one attached hydrogen (secondary N) is 1. The number of hydrogen-bond donors (Lipinski definition) is 1. The molecule has 0 spiro atoms. The van der Waals surface area contributed by atoms with Crippen molar-refractivity contribution in [2.24, 2.45) is 5.92 Å². The van der Waals surface area contributed by atoms with Gasteiger partial charge in [-0.05, 0) is 74.4 Å². The molecule has 2 aromatic heterocycles. The molecule has 3 aromatic rings. The van der Waals surface area contributed by atoms with E-state index in [0.29, 0.717) is 24.8 Å². The molecule has 2 saturated heterocycles. The van der Waals surface area contributed by atoms with Gasteiger partial charge in [-0.3, -0.25) is 14.6 Å². The molecule has 0 radical (unpaired) electrons. The number of hydrogen-bond acceptors (Lipinski definition) is 7. The van der Waals surface area contributed by atoms with Crippen molar-refractivity contribution in [3.8, 4) is 10.7 Å². The fourth-order valence-corrected chi connectivity index (χ4v) is 5.31. The SMILES string of the molecule is O=C(NCc1ccc(CN2CCCC2)cc1)C1CCN(Cc2nc(-c3cccs3)no2)CC1. The zero-order valence-corrected chi connectivity index (χ0v) is 19.7. The van der Waals surface area contributed by atoms with E-state index in [4.69, 9.17) is 4.52 Å². The Hall–Kier alpha value is -2.55. The van der Waals surface area contributed by atoms with E-state index < -0.39 is 0 Å². The van der Waals surface area contributed by atoms with Gasteiger partial charge in [0.25, 0.3) is 0 Å². The number of likely N-dealkylation sites (tertiary alicyclic amines) is 2. The molecule has 0 aliphatic carbocycles. The lowest BCUT2D eigenvalue weighted by atomic mass is 9.96. The topological polar surface area (TPSA) is 74.5 Å². The third-order valence-electron chi connectivity index (χ3n) is 6.62. The van der Waals surface area contributed by atoms with E-state index in [2.05, 4.69) is 49.5 Å². The van der Waals surface area contributed by atoms with Crippen LogP contribution in [-0.2, 0) is 24.4 Å². The molecule has 2 aliphatic rings. The number of thiophene rings is 1. The van der Waals surface area contributed by atoms with E-state index in [-0.39, 0.29) is 11.8 Å². The largest absolute Gasteiger partial charge is 0.352 e. The number of carbonyl (C=O) groups excluding carboxylic acids is 1. The van der Waals surface area contributed by atoms with Crippen molar-refractivity contribution < 1.29 is 9.32 Å². The third kappa shape index (κ3) is 5.88. The molecule has 174 valence electrons. The van der Waals surface area contributed by atoms with Gasteiger partial charge in [0.15, 0.2) is 0 Å². The Bertz CT molecular complexity index is 1020. The molecule has 0 bridgehead atoms. The Morgan fingerprint density at radius 2 is 1.73 bits per heavy atom. The second-order valence-corrected chi connectivity index (χ2v) is 10.0. The molecule has 0 saturated carbocycles. The van der Waals surface area contributed by atoms with E-state index in [1.807, 2.05) is 17.5 Å². The first-order chi connectivity index (χ1) is 16.2. The molecule has 7 nitrogen and oxygen atoms in total. The molecule has 5 rings (SSSR count). The van der Waals surface area contributed by atoms with Crippen molar-refractivity contribution in [2.45, 2.75) is 45.3 Å². The third-order valence-corrected chi connectivity index (χ3v) is 7.49. The highest BCUT2D eigenvalue weighted by molar-refractivity contribution is 7.13. The highest BCUT2D eigenvalue weighted by atomic mass is 32.1. The van der Waals surface area contributed by atoms with Gasteiger partial charge in [-0.2, -0.15) is 4.98 Å². The van der Waals surface area contributed by atoms with Crippen LogP contribution in [0.4, 0.5) is 0 Å². The molecule has 33 heavy (non-hydrogen) atoms. The van der Waals surface area contributed by atoms with E-state index in [0.717, 1.165) is 42.9 Å². The molecule has 2 fully saturated rings. The first kappa shape index (κ1) is 22.3. The van der Waals surface area contributed by atoms with E-state index in [1.54, 1.807) is 11.3 Å². The number of carbonyl (C=O) groups is 1. The van der Waals surface area contributed by atoms with Gasteiger partial charge in [-0.15, -0.1) is 11.3 Å². The second kappa shape index (κ2) is 10.6. The summed E-state index contributed by atoms with van der Waals surface area (Å²) in [5.74, 6) is 1.52. The second-order valence-electron chi connectivity index (χ2n) is 9.06. The number of aromatic nitrogens is 2. The number of rotatable bonds is 8. The molecule has 8 heteroatoms. The van der Waals surface area contributed by atoms with Gasteiger partial charge in [0.05, 0.1) is 11.4 Å².